The number of hydrogen-bond donors (Lipinski definition) is 1. The number of rotatable bonds is 2. The average Bonchev–Trinajstić information content (AvgIpc) is 3.14. The molecule has 134 valence electrons. The van der Waals surface area contributed by atoms with Gasteiger partial charge in [-0.3, -0.25) is 0 Å². The van der Waals surface area contributed by atoms with Crippen molar-refractivity contribution in [1.82, 2.24) is 0 Å². The van der Waals surface area contributed by atoms with Gasteiger partial charge < -0.3 is 5.11 Å². The van der Waals surface area contributed by atoms with E-state index in [1.54, 1.807) is 0 Å². The number of benzene rings is 3. The third-order valence-corrected chi connectivity index (χ3v) is 6.47. The highest BCUT2D eigenvalue weighted by Gasteiger charge is 2.41. The lowest BCUT2D eigenvalue weighted by molar-refractivity contribution is 0.390. The standard InChI is InChI=1S/C26H24O/c1-17-8-7-13-25(27)26(17)24-14-19-11-5-6-12-21(19)22-15-20(16-23(22)24)18-9-3-2-4-10-18/h2-13,16,22-24,27H,14-15H2,1H3. The molecule has 0 fully saturated rings. The molecule has 5 rings (SSSR count). The summed E-state index contributed by atoms with van der Waals surface area (Å²) in [6.45, 7) is 2.13. The van der Waals surface area contributed by atoms with Gasteiger partial charge in [0.25, 0.3) is 0 Å². The smallest absolute Gasteiger partial charge is 0.119 e. The maximum atomic E-state index is 10.7. The van der Waals surface area contributed by atoms with Crippen LogP contribution in [-0.4, -0.2) is 5.11 Å². The zero-order valence-electron chi connectivity index (χ0n) is 15.6. The van der Waals surface area contributed by atoms with Crippen LogP contribution >= 0.6 is 0 Å². The predicted molar refractivity (Wildman–Crippen MR) is 111 cm³/mol. The Morgan fingerprint density at radius 3 is 2.37 bits per heavy atom. The van der Waals surface area contributed by atoms with Gasteiger partial charge in [-0.05, 0) is 71.4 Å². The normalized spacial score (nSPS) is 23.4. The predicted octanol–water partition coefficient (Wildman–Crippen LogP) is 6.23. The molecule has 3 atom stereocenters. The average molecular weight is 352 g/mol. The molecule has 3 aromatic carbocycles. The molecule has 0 spiro atoms. The van der Waals surface area contributed by atoms with E-state index in [0.717, 1.165) is 18.4 Å². The highest BCUT2D eigenvalue weighted by atomic mass is 16.3. The summed E-state index contributed by atoms with van der Waals surface area (Å²) >= 11 is 0. The van der Waals surface area contributed by atoms with E-state index in [1.807, 2.05) is 12.1 Å². The van der Waals surface area contributed by atoms with E-state index < -0.39 is 0 Å². The second-order valence-corrected chi connectivity index (χ2v) is 7.96. The number of aryl methyl sites for hydroxylation is 1. The first-order valence-corrected chi connectivity index (χ1v) is 9.85. The topological polar surface area (TPSA) is 20.2 Å². The quantitative estimate of drug-likeness (QED) is 0.580. The fourth-order valence-electron chi connectivity index (χ4n) is 5.27. The molecule has 0 aliphatic heterocycles. The minimum Gasteiger partial charge on any atom is -0.508 e. The minimum atomic E-state index is 0.326. The van der Waals surface area contributed by atoms with Gasteiger partial charge in [0.2, 0.25) is 0 Å². The number of aromatic hydroxyl groups is 1. The molecule has 2 aliphatic carbocycles. The molecular formula is C26H24O. The monoisotopic (exact) mass is 352 g/mol. The second-order valence-electron chi connectivity index (χ2n) is 7.96. The molecule has 2 aliphatic rings. The van der Waals surface area contributed by atoms with Crippen molar-refractivity contribution in [2.45, 2.75) is 31.6 Å². The Hall–Kier alpha value is -2.80. The molecule has 3 aromatic rings. The SMILES string of the molecule is Cc1cccc(O)c1C1Cc2ccccc2C2CC(c3ccccc3)=CC21. The molecule has 0 bridgehead atoms. The summed E-state index contributed by atoms with van der Waals surface area (Å²) in [5.74, 6) is 1.70. The van der Waals surface area contributed by atoms with Crippen LogP contribution in [0.15, 0.2) is 78.9 Å². The highest BCUT2D eigenvalue weighted by Crippen LogP contribution is 2.54. The van der Waals surface area contributed by atoms with Crippen molar-refractivity contribution in [3.63, 3.8) is 0 Å². The van der Waals surface area contributed by atoms with Crippen LogP contribution in [0, 0.1) is 12.8 Å². The Morgan fingerprint density at radius 1 is 0.778 bits per heavy atom. The van der Waals surface area contributed by atoms with Crippen LogP contribution in [0.4, 0.5) is 0 Å². The first-order valence-electron chi connectivity index (χ1n) is 9.85. The number of hydrogen-bond acceptors (Lipinski definition) is 1. The Kier molecular flexibility index (Phi) is 3.89. The summed E-state index contributed by atoms with van der Waals surface area (Å²) < 4.78 is 0. The first kappa shape index (κ1) is 16.4. The molecule has 0 heterocycles. The maximum absolute atomic E-state index is 10.7. The fraction of sp³-hybridized carbons (Fsp3) is 0.231. The number of phenolic OH excluding ortho intramolecular Hbond substituents is 1. The van der Waals surface area contributed by atoms with Crippen LogP contribution in [0.5, 0.6) is 5.75 Å². The molecule has 0 saturated heterocycles. The van der Waals surface area contributed by atoms with Gasteiger partial charge in [-0.25, -0.2) is 0 Å². The molecule has 0 aromatic heterocycles. The van der Waals surface area contributed by atoms with Crippen LogP contribution in [-0.2, 0) is 6.42 Å². The Labute approximate surface area is 161 Å². The van der Waals surface area contributed by atoms with Gasteiger partial charge in [0.05, 0.1) is 0 Å². The number of allylic oxidation sites excluding steroid dienone is 2. The zero-order chi connectivity index (χ0) is 18.4. The summed E-state index contributed by atoms with van der Waals surface area (Å²) in [6, 6.07) is 25.6. The lowest BCUT2D eigenvalue weighted by Gasteiger charge is -2.36. The minimum absolute atomic E-state index is 0.326. The van der Waals surface area contributed by atoms with Gasteiger partial charge >= 0.3 is 0 Å². The molecular weight excluding hydrogens is 328 g/mol. The fourth-order valence-corrected chi connectivity index (χ4v) is 5.27. The van der Waals surface area contributed by atoms with Gasteiger partial charge in [0.15, 0.2) is 0 Å². The summed E-state index contributed by atoms with van der Waals surface area (Å²) in [4.78, 5) is 0. The zero-order valence-corrected chi connectivity index (χ0v) is 15.6. The maximum Gasteiger partial charge on any atom is 0.119 e. The van der Waals surface area contributed by atoms with Gasteiger partial charge in [-0.15, -0.1) is 0 Å². The molecule has 1 N–H and O–H groups in total. The van der Waals surface area contributed by atoms with E-state index in [4.69, 9.17) is 0 Å². The molecule has 27 heavy (non-hydrogen) atoms. The van der Waals surface area contributed by atoms with Gasteiger partial charge in [0, 0.05) is 5.56 Å². The molecule has 1 nitrogen and oxygen atoms in total. The molecule has 0 amide bonds. The van der Waals surface area contributed by atoms with Crippen molar-refractivity contribution in [2.24, 2.45) is 5.92 Å². The summed E-state index contributed by atoms with van der Waals surface area (Å²) in [5.41, 5.74) is 8.04. The lowest BCUT2D eigenvalue weighted by atomic mass is 9.67. The molecule has 3 unspecified atom stereocenters. The van der Waals surface area contributed by atoms with Crippen molar-refractivity contribution in [1.29, 1.82) is 0 Å². The van der Waals surface area contributed by atoms with E-state index in [2.05, 4.69) is 73.7 Å². The lowest BCUT2D eigenvalue weighted by Crippen LogP contribution is -2.25. The van der Waals surface area contributed by atoms with Gasteiger partial charge in [-0.2, -0.15) is 0 Å². The number of fused-ring (bicyclic) bond motifs is 3. The largest absolute Gasteiger partial charge is 0.508 e. The Morgan fingerprint density at radius 2 is 1.56 bits per heavy atom. The van der Waals surface area contributed by atoms with Crippen LogP contribution in [0.3, 0.4) is 0 Å². The summed E-state index contributed by atoms with van der Waals surface area (Å²) in [6.07, 6.45) is 4.57. The summed E-state index contributed by atoms with van der Waals surface area (Å²) in [7, 11) is 0. The van der Waals surface area contributed by atoms with Crippen molar-refractivity contribution in [3.8, 4) is 5.75 Å². The van der Waals surface area contributed by atoms with Crippen molar-refractivity contribution in [2.75, 3.05) is 0 Å². The van der Waals surface area contributed by atoms with Crippen molar-refractivity contribution < 1.29 is 5.11 Å². The van der Waals surface area contributed by atoms with E-state index in [9.17, 15) is 5.11 Å². The van der Waals surface area contributed by atoms with Crippen LogP contribution in [0.2, 0.25) is 0 Å². The summed E-state index contributed by atoms with van der Waals surface area (Å²) in [5, 5.41) is 10.7. The van der Waals surface area contributed by atoms with E-state index in [-0.39, 0.29) is 0 Å². The van der Waals surface area contributed by atoms with Crippen LogP contribution in [0.1, 0.15) is 46.1 Å². The third kappa shape index (κ3) is 2.70. The van der Waals surface area contributed by atoms with Gasteiger partial charge in [0.1, 0.15) is 5.75 Å². The Balaban J connectivity index is 1.65. The van der Waals surface area contributed by atoms with Crippen LogP contribution in [0.25, 0.3) is 5.57 Å². The highest BCUT2D eigenvalue weighted by molar-refractivity contribution is 5.70. The van der Waals surface area contributed by atoms with E-state index in [1.165, 1.54) is 27.8 Å². The van der Waals surface area contributed by atoms with E-state index in [0.29, 0.717) is 23.5 Å². The molecule has 1 heteroatoms. The third-order valence-electron chi connectivity index (χ3n) is 6.47. The second kappa shape index (κ2) is 6.42. The van der Waals surface area contributed by atoms with Crippen molar-refractivity contribution >= 4 is 5.57 Å². The van der Waals surface area contributed by atoms with Gasteiger partial charge in [-0.1, -0.05) is 72.8 Å². The molecule has 0 radical (unpaired) electrons. The van der Waals surface area contributed by atoms with E-state index >= 15 is 0 Å². The van der Waals surface area contributed by atoms with Crippen molar-refractivity contribution in [3.05, 3.63) is 107 Å². The first-order chi connectivity index (χ1) is 13.2. The Bertz CT molecular complexity index is 995. The molecule has 0 saturated carbocycles. The number of phenols is 1. The van der Waals surface area contributed by atoms with Crippen LogP contribution < -0.4 is 0 Å².